The molecule has 0 bridgehead atoms. The molecule has 0 fully saturated rings. The summed E-state index contributed by atoms with van der Waals surface area (Å²) < 4.78 is 15.7. The minimum Gasteiger partial charge on any atom is -0.497 e. The molecular formula is C20H26N2O4. The molecule has 0 atom stereocenters. The summed E-state index contributed by atoms with van der Waals surface area (Å²) in [6, 6.07) is 13.4. The van der Waals surface area contributed by atoms with Crippen LogP contribution in [-0.4, -0.2) is 45.7 Å². The molecule has 0 aliphatic rings. The minimum atomic E-state index is -0.0243. The van der Waals surface area contributed by atoms with Gasteiger partial charge in [-0.3, -0.25) is 9.69 Å². The van der Waals surface area contributed by atoms with Crippen LogP contribution in [0.5, 0.6) is 17.2 Å². The first-order valence-electron chi connectivity index (χ1n) is 8.34. The number of methoxy groups -OCH3 is 3. The molecule has 2 rings (SSSR count). The number of likely N-dealkylation sites (N-methyl/N-ethyl adjacent to an activating group) is 1. The van der Waals surface area contributed by atoms with Crippen LogP contribution in [0.1, 0.15) is 11.1 Å². The van der Waals surface area contributed by atoms with Crippen LogP contribution in [-0.2, 0) is 17.9 Å². The molecule has 6 nitrogen and oxygen atoms in total. The van der Waals surface area contributed by atoms with Crippen LogP contribution in [0.25, 0.3) is 0 Å². The lowest BCUT2D eigenvalue weighted by molar-refractivity contribution is -0.122. The maximum atomic E-state index is 12.1. The molecule has 0 aliphatic heterocycles. The molecule has 1 N–H and O–H groups in total. The topological polar surface area (TPSA) is 60.0 Å². The molecule has 0 saturated carbocycles. The minimum absolute atomic E-state index is 0.0243. The van der Waals surface area contributed by atoms with Gasteiger partial charge in [-0.15, -0.1) is 0 Å². The van der Waals surface area contributed by atoms with E-state index in [1.54, 1.807) is 21.3 Å². The predicted molar refractivity (Wildman–Crippen MR) is 101 cm³/mol. The average molecular weight is 358 g/mol. The molecule has 26 heavy (non-hydrogen) atoms. The predicted octanol–water partition coefficient (Wildman–Crippen LogP) is 2.46. The monoisotopic (exact) mass is 358 g/mol. The molecule has 0 spiro atoms. The van der Waals surface area contributed by atoms with Gasteiger partial charge in [0, 0.05) is 13.1 Å². The van der Waals surface area contributed by atoms with E-state index in [-0.39, 0.29) is 5.91 Å². The van der Waals surface area contributed by atoms with E-state index >= 15 is 0 Å². The molecule has 0 radical (unpaired) electrons. The van der Waals surface area contributed by atoms with Gasteiger partial charge in [0.1, 0.15) is 5.75 Å². The normalized spacial score (nSPS) is 10.5. The zero-order valence-electron chi connectivity index (χ0n) is 15.7. The highest BCUT2D eigenvalue weighted by atomic mass is 16.5. The third kappa shape index (κ3) is 5.67. The summed E-state index contributed by atoms with van der Waals surface area (Å²) in [6.07, 6.45) is 0. The first-order chi connectivity index (χ1) is 12.5. The standard InChI is InChI=1S/C20H26N2O4/c1-22(13-16-7-10-18(25-3)19(11-16)26-4)14-20(23)21-12-15-5-8-17(24-2)9-6-15/h5-11H,12-14H2,1-4H3,(H,21,23). The van der Waals surface area contributed by atoms with Gasteiger partial charge in [0.05, 0.1) is 27.9 Å². The second kappa shape index (κ2) is 9.68. The lowest BCUT2D eigenvalue weighted by Gasteiger charge is -2.17. The number of hydrogen-bond acceptors (Lipinski definition) is 5. The van der Waals surface area contributed by atoms with Crippen LogP contribution in [0.15, 0.2) is 42.5 Å². The number of rotatable bonds is 9. The van der Waals surface area contributed by atoms with Crippen LogP contribution < -0.4 is 19.5 Å². The van der Waals surface area contributed by atoms with Crippen molar-refractivity contribution in [3.05, 3.63) is 53.6 Å². The van der Waals surface area contributed by atoms with Crippen molar-refractivity contribution in [2.45, 2.75) is 13.1 Å². The van der Waals surface area contributed by atoms with Crippen molar-refractivity contribution < 1.29 is 19.0 Å². The summed E-state index contributed by atoms with van der Waals surface area (Å²) in [5, 5.41) is 2.93. The molecule has 0 aliphatic carbocycles. The fraction of sp³-hybridized carbons (Fsp3) is 0.350. The summed E-state index contributed by atoms with van der Waals surface area (Å²) in [7, 11) is 6.75. The van der Waals surface area contributed by atoms with Gasteiger partial charge < -0.3 is 19.5 Å². The quantitative estimate of drug-likeness (QED) is 0.746. The second-order valence-corrected chi connectivity index (χ2v) is 5.99. The highest BCUT2D eigenvalue weighted by molar-refractivity contribution is 5.77. The average Bonchev–Trinajstić information content (AvgIpc) is 2.66. The van der Waals surface area contributed by atoms with E-state index < -0.39 is 0 Å². The molecule has 0 unspecified atom stereocenters. The first kappa shape index (κ1) is 19.6. The molecule has 0 saturated heterocycles. The Kier molecular flexibility index (Phi) is 7.29. The zero-order valence-corrected chi connectivity index (χ0v) is 15.7. The van der Waals surface area contributed by atoms with Crippen LogP contribution in [0, 0.1) is 0 Å². The number of benzene rings is 2. The third-order valence-electron chi connectivity index (χ3n) is 3.96. The van der Waals surface area contributed by atoms with Gasteiger partial charge in [0.15, 0.2) is 11.5 Å². The van der Waals surface area contributed by atoms with Crippen LogP contribution >= 0.6 is 0 Å². The summed E-state index contributed by atoms with van der Waals surface area (Å²) in [5.41, 5.74) is 2.08. The van der Waals surface area contributed by atoms with Gasteiger partial charge in [-0.1, -0.05) is 18.2 Å². The van der Waals surface area contributed by atoms with Crippen molar-refractivity contribution in [1.29, 1.82) is 0 Å². The van der Waals surface area contributed by atoms with Crippen LogP contribution in [0.3, 0.4) is 0 Å². The molecule has 1 amide bonds. The van der Waals surface area contributed by atoms with E-state index in [9.17, 15) is 4.79 Å². The molecule has 6 heteroatoms. The smallest absolute Gasteiger partial charge is 0.234 e. The van der Waals surface area contributed by atoms with Gasteiger partial charge in [0.25, 0.3) is 0 Å². The molecule has 0 heterocycles. The van der Waals surface area contributed by atoms with E-state index in [0.29, 0.717) is 31.1 Å². The third-order valence-corrected chi connectivity index (χ3v) is 3.96. The van der Waals surface area contributed by atoms with Crippen molar-refractivity contribution in [3.8, 4) is 17.2 Å². The van der Waals surface area contributed by atoms with Gasteiger partial charge >= 0.3 is 0 Å². The Balaban J connectivity index is 1.82. The number of hydrogen-bond donors (Lipinski definition) is 1. The summed E-state index contributed by atoms with van der Waals surface area (Å²) in [5.74, 6) is 2.15. The molecule has 2 aromatic rings. The largest absolute Gasteiger partial charge is 0.497 e. The number of carbonyl (C=O) groups is 1. The van der Waals surface area contributed by atoms with Crippen molar-refractivity contribution in [2.75, 3.05) is 34.9 Å². The van der Waals surface area contributed by atoms with E-state index in [4.69, 9.17) is 14.2 Å². The highest BCUT2D eigenvalue weighted by Crippen LogP contribution is 2.27. The number of ether oxygens (including phenoxy) is 3. The highest BCUT2D eigenvalue weighted by Gasteiger charge is 2.10. The Morgan fingerprint density at radius 2 is 1.58 bits per heavy atom. The van der Waals surface area contributed by atoms with Crippen molar-refractivity contribution in [1.82, 2.24) is 10.2 Å². The molecule has 140 valence electrons. The summed E-state index contributed by atoms with van der Waals surface area (Å²) in [6.45, 7) is 1.44. The summed E-state index contributed by atoms with van der Waals surface area (Å²) >= 11 is 0. The Bertz CT molecular complexity index is 716. The number of amides is 1. The van der Waals surface area contributed by atoms with E-state index in [0.717, 1.165) is 16.9 Å². The van der Waals surface area contributed by atoms with E-state index in [1.165, 1.54) is 0 Å². The van der Waals surface area contributed by atoms with Gasteiger partial charge in [-0.2, -0.15) is 0 Å². The fourth-order valence-corrected chi connectivity index (χ4v) is 2.59. The Hall–Kier alpha value is -2.73. The van der Waals surface area contributed by atoms with Crippen molar-refractivity contribution in [3.63, 3.8) is 0 Å². The van der Waals surface area contributed by atoms with Crippen molar-refractivity contribution >= 4 is 5.91 Å². The van der Waals surface area contributed by atoms with Crippen LogP contribution in [0.2, 0.25) is 0 Å². The van der Waals surface area contributed by atoms with E-state index in [1.807, 2.05) is 54.4 Å². The Morgan fingerprint density at radius 3 is 2.19 bits per heavy atom. The molecule has 2 aromatic carbocycles. The van der Waals surface area contributed by atoms with Gasteiger partial charge in [-0.05, 0) is 42.4 Å². The lowest BCUT2D eigenvalue weighted by Crippen LogP contribution is -2.34. The van der Waals surface area contributed by atoms with Crippen LogP contribution in [0.4, 0.5) is 0 Å². The Labute approximate surface area is 154 Å². The first-order valence-corrected chi connectivity index (χ1v) is 8.34. The van der Waals surface area contributed by atoms with Gasteiger partial charge in [-0.25, -0.2) is 0 Å². The summed E-state index contributed by atoms with van der Waals surface area (Å²) in [4.78, 5) is 14.1. The number of nitrogens with one attached hydrogen (secondary N) is 1. The lowest BCUT2D eigenvalue weighted by atomic mass is 10.2. The second-order valence-electron chi connectivity index (χ2n) is 5.99. The van der Waals surface area contributed by atoms with E-state index in [2.05, 4.69) is 5.32 Å². The van der Waals surface area contributed by atoms with Crippen molar-refractivity contribution in [2.24, 2.45) is 0 Å². The number of nitrogens with zero attached hydrogens (tertiary/aromatic N) is 1. The fourth-order valence-electron chi connectivity index (χ4n) is 2.59. The SMILES string of the molecule is COc1ccc(CNC(=O)CN(C)Cc2ccc(OC)c(OC)c2)cc1. The van der Waals surface area contributed by atoms with Gasteiger partial charge in [0.2, 0.25) is 5.91 Å². The maximum Gasteiger partial charge on any atom is 0.234 e. The Morgan fingerprint density at radius 1 is 0.923 bits per heavy atom. The maximum absolute atomic E-state index is 12.1. The number of carbonyl (C=O) groups excluding carboxylic acids is 1. The molecule has 0 aromatic heterocycles. The molecular weight excluding hydrogens is 332 g/mol. The zero-order chi connectivity index (χ0) is 18.9.